The molecule has 2 amide bonds. The molecule has 2 aliphatic rings. The highest BCUT2D eigenvalue weighted by Crippen LogP contribution is 2.42. The fraction of sp³-hybridized carbons (Fsp3) is 0.346. The predicted molar refractivity (Wildman–Crippen MR) is 134 cm³/mol. The van der Waals surface area contributed by atoms with E-state index in [9.17, 15) is 9.59 Å². The van der Waals surface area contributed by atoms with E-state index in [0.29, 0.717) is 11.6 Å². The summed E-state index contributed by atoms with van der Waals surface area (Å²) in [6.07, 6.45) is 2.70. The van der Waals surface area contributed by atoms with Crippen LogP contribution in [0.2, 0.25) is 0 Å². The molecular formula is C26H29N3O2S. The number of aryl methyl sites for hydroxylation is 2. The molecule has 1 saturated heterocycles. The van der Waals surface area contributed by atoms with E-state index in [1.165, 1.54) is 16.2 Å². The maximum Gasteiger partial charge on any atom is 0.270 e. The summed E-state index contributed by atoms with van der Waals surface area (Å²) in [5.74, 6) is -0.498. The van der Waals surface area contributed by atoms with Crippen LogP contribution in [0.25, 0.3) is 6.08 Å². The van der Waals surface area contributed by atoms with Gasteiger partial charge in [-0.3, -0.25) is 19.8 Å². The number of carbonyl (C=O) groups excluding carboxylic acids is 2. The Hall–Kier alpha value is -2.99. The number of amides is 2. The van der Waals surface area contributed by atoms with Crippen molar-refractivity contribution < 1.29 is 9.59 Å². The Morgan fingerprint density at radius 2 is 1.75 bits per heavy atom. The molecule has 1 atom stereocenters. The van der Waals surface area contributed by atoms with E-state index in [4.69, 9.17) is 12.2 Å². The quantitative estimate of drug-likeness (QED) is 0.406. The summed E-state index contributed by atoms with van der Waals surface area (Å²) in [5, 5.41) is 2.78. The van der Waals surface area contributed by atoms with Gasteiger partial charge in [0.2, 0.25) is 0 Å². The standard InChI is InChI=1S/C26H29N3O2S/c1-15-9-16(2)11-19(10-15)29-24(31)21(23(30)27-25(29)32)13-18-7-8-22-20(12-18)17(3)14-26(4,5)28(22)6/h7-13,17H,14H2,1-6H3,(H,27,30,32)/b21-13+/t17-/m1/s1. The van der Waals surface area contributed by atoms with Gasteiger partial charge in [0.05, 0.1) is 5.69 Å². The van der Waals surface area contributed by atoms with Crippen molar-refractivity contribution >= 4 is 46.6 Å². The summed E-state index contributed by atoms with van der Waals surface area (Å²) in [4.78, 5) is 29.8. The molecule has 2 aliphatic heterocycles. The van der Waals surface area contributed by atoms with Gasteiger partial charge in [0, 0.05) is 18.3 Å². The smallest absolute Gasteiger partial charge is 0.270 e. The molecule has 0 aliphatic carbocycles. The summed E-state index contributed by atoms with van der Waals surface area (Å²) in [5.41, 5.74) is 6.10. The van der Waals surface area contributed by atoms with Gasteiger partial charge in [-0.15, -0.1) is 0 Å². The minimum atomic E-state index is -0.468. The van der Waals surface area contributed by atoms with Crippen LogP contribution in [-0.4, -0.2) is 29.5 Å². The van der Waals surface area contributed by atoms with E-state index in [1.54, 1.807) is 6.08 Å². The average molecular weight is 448 g/mol. The largest absolute Gasteiger partial charge is 0.369 e. The Kier molecular flexibility index (Phi) is 5.45. The summed E-state index contributed by atoms with van der Waals surface area (Å²) < 4.78 is 0. The van der Waals surface area contributed by atoms with Crippen molar-refractivity contribution in [3.05, 3.63) is 64.2 Å². The molecule has 2 aromatic rings. The van der Waals surface area contributed by atoms with Gasteiger partial charge < -0.3 is 4.90 Å². The Morgan fingerprint density at radius 1 is 1.09 bits per heavy atom. The molecule has 0 spiro atoms. The molecular weight excluding hydrogens is 418 g/mol. The van der Waals surface area contributed by atoms with Crippen molar-refractivity contribution in [2.75, 3.05) is 16.8 Å². The van der Waals surface area contributed by atoms with Crippen LogP contribution in [0.15, 0.2) is 42.0 Å². The molecule has 5 nitrogen and oxygen atoms in total. The van der Waals surface area contributed by atoms with Crippen molar-refractivity contribution in [3.63, 3.8) is 0 Å². The number of nitrogens with zero attached hydrogens (tertiary/aromatic N) is 2. The zero-order valence-electron chi connectivity index (χ0n) is 19.4. The summed E-state index contributed by atoms with van der Waals surface area (Å²) in [6, 6.07) is 12.0. The van der Waals surface area contributed by atoms with Crippen molar-refractivity contribution in [2.24, 2.45) is 0 Å². The van der Waals surface area contributed by atoms with Crippen molar-refractivity contribution in [2.45, 2.75) is 52.5 Å². The second-order valence-electron chi connectivity index (χ2n) is 9.60. The lowest BCUT2D eigenvalue weighted by Gasteiger charge is -2.45. The SMILES string of the molecule is Cc1cc(C)cc(N2C(=O)/C(=C/c3ccc4c(c3)[C@H](C)CC(C)(C)N4C)C(=O)NC2=S)c1. The van der Waals surface area contributed by atoms with Crippen LogP contribution in [0, 0.1) is 13.8 Å². The second kappa shape index (κ2) is 7.85. The Balaban J connectivity index is 1.74. The van der Waals surface area contributed by atoms with E-state index >= 15 is 0 Å². The van der Waals surface area contributed by atoms with E-state index in [-0.39, 0.29) is 16.2 Å². The Bertz CT molecular complexity index is 1160. The van der Waals surface area contributed by atoms with Crippen LogP contribution in [0.1, 0.15) is 55.4 Å². The highest BCUT2D eigenvalue weighted by atomic mass is 32.1. The number of anilines is 2. The maximum atomic E-state index is 13.4. The summed E-state index contributed by atoms with van der Waals surface area (Å²) >= 11 is 5.34. The van der Waals surface area contributed by atoms with Crippen LogP contribution >= 0.6 is 12.2 Å². The monoisotopic (exact) mass is 447 g/mol. The summed E-state index contributed by atoms with van der Waals surface area (Å²) in [7, 11) is 2.11. The maximum absolute atomic E-state index is 13.4. The first-order valence-corrected chi connectivity index (χ1v) is 11.3. The molecule has 166 valence electrons. The molecule has 6 heteroatoms. The van der Waals surface area contributed by atoms with Gasteiger partial charge in [0.25, 0.3) is 11.8 Å². The highest BCUT2D eigenvalue weighted by Gasteiger charge is 2.36. The third-order valence-electron chi connectivity index (χ3n) is 6.53. The number of fused-ring (bicyclic) bond motifs is 1. The number of nitrogens with one attached hydrogen (secondary N) is 1. The number of carbonyl (C=O) groups is 2. The number of benzene rings is 2. The van der Waals surface area contributed by atoms with Crippen LogP contribution in [0.5, 0.6) is 0 Å². The van der Waals surface area contributed by atoms with Gasteiger partial charge in [-0.2, -0.15) is 0 Å². The lowest BCUT2D eigenvalue weighted by molar-refractivity contribution is -0.122. The molecule has 0 unspecified atom stereocenters. The first kappa shape index (κ1) is 22.2. The molecule has 0 bridgehead atoms. The van der Waals surface area contributed by atoms with Gasteiger partial charge in [-0.25, -0.2) is 0 Å². The lowest BCUT2D eigenvalue weighted by Crippen LogP contribution is -2.54. The molecule has 0 radical (unpaired) electrons. The van der Waals surface area contributed by atoms with Gasteiger partial charge in [-0.1, -0.05) is 19.1 Å². The molecule has 0 aromatic heterocycles. The zero-order chi connectivity index (χ0) is 23.4. The van der Waals surface area contributed by atoms with Crippen LogP contribution in [0.4, 0.5) is 11.4 Å². The molecule has 0 saturated carbocycles. The predicted octanol–water partition coefficient (Wildman–Crippen LogP) is 4.86. The third kappa shape index (κ3) is 3.84. The zero-order valence-corrected chi connectivity index (χ0v) is 20.3. The molecule has 1 fully saturated rings. The first-order valence-electron chi connectivity index (χ1n) is 10.9. The minimum Gasteiger partial charge on any atom is -0.369 e. The molecule has 2 aromatic carbocycles. The number of thiocarbonyl (C=S) groups is 1. The summed E-state index contributed by atoms with van der Waals surface area (Å²) in [6.45, 7) is 10.7. The second-order valence-corrected chi connectivity index (χ2v) is 9.99. The number of hydrogen-bond donors (Lipinski definition) is 1. The number of rotatable bonds is 2. The van der Waals surface area contributed by atoms with Crippen LogP contribution < -0.4 is 15.1 Å². The van der Waals surface area contributed by atoms with E-state index in [2.05, 4.69) is 50.2 Å². The Labute approximate surface area is 195 Å². The molecule has 4 rings (SSSR count). The topological polar surface area (TPSA) is 52.7 Å². The molecule has 32 heavy (non-hydrogen) atoms. The van der Waals surface area contributed by atoms with Crippen molar-refractivity contribution in [3.8, 4) is 0 Å². The fourth-order valence-corrected chi connectivity index (χ4v) is 5.10. The fourth-order valence-electron chi connectivity index (χ4n) is 4.82. The van der Waals surface area contributed by atoms with Crippen LogP contribution in [0.3, 0.4) is 0 Å². The molecule has 1 N–H and O–H groups in total. The van der Waals surface area contributed by atoms with E-state index in [1.807, 2.05) is 38.1 Å². The minimum absolute atomic E-state index is 0.0771. The highest BCUT2D eigenvalue weighted by molar-refractivity contribution is 7.80. The van der Waals surface area contributed by atoms with Gasteiger partial charge >= 0.3 is 0 Å². The van der Waals surface area contributed by atoms with Crippen LogP contribution in [-0.2, 0) is 9.59 Å². The van der Waals surface area contributed by atoms with E-state index in [0.717, 1.165) is 23.1 Å². The van der Waals surface area contributed by atoms with Gasteiger partial charge in [0.15, 0.2) is 5.11 Å². The first-order chi connectivity index (χ1) is 15.0. The third-order valence-corrected chi connectivity index (χ3v) is 6.82. The van der Waals surface area contributed by atoms with E-state index < -0.39 is 11.8 Å². The normalized spacial score (nSPS) is 21.6. The molecule has 2 heterocycles. The lowest BCUT2D eigenvalue weighted by atomic mass is 9.80. The van der Waals surface area contributed by atoms with Crippen molar-refractivity contribution in [1.29, 1.82) is 0 Å². The average Bonchev–Trinajstić information content (AvgIpc) is 2.68. The Morgan fingerprint density at radius 3 is 2.41 bits per heavy atom. The van der Waals surface area contributed by atoms with Crippen molar-refractivity contribution in [1.82, 2.24) is 5.32 Å². The van der Waals surface area contributed by atoms with Gasteiger partial charge in [0.1, 0.15) is 5.57 Å². The van der Waals surface area contributed by atoms with Gasteiger partial charge in [-0.05, 0) is 105 Å². The number of hydrogen-bond acceptors (Lipinski definition) is 4.